The second kappa shape index (κ2) is 8.51. The first kappa shape index (κ1) is 24.8. The van der Waals surface area contributed by atoms with E-state index in [0.717, 1.165) is 6.42 Å². The molecule has 0 bridgehead atoms. The third-order valence-corrected chi connectivity index (χ3v) is 7.69. The van der Waals surface area contributed by atoms with E-state index in [0.29, 0.717) is 11.8 Å². The van der Waals surface area contributed by atoms with Gasteiger partial charge in [-0.05, 0) is 0 Å². The number of hydrogen-bond donors (Lipinski definition) is 0. The molecule has 0 amide bonds. The Bertz CT molecular complexity index is 1000. The molecule has 3 rings (SSSR count). The molecule has 0 aromatic heterocycles. The molecule has 172 valence electrons. The molecule has 0 spiro atoms. The van der Waals surface area contributed by atoms with Crippen molar-refractivity contribution in [2.45, 2.75) is 107 Å². The average Bonchev–Trinajstić information content (AvgIpc) is 2.85. The summed E-state index contributed by atoms with van der Waals surface area (Å²) in [6, 6.07) is 9.28. The molecule has 2 heteroatoms. The summed E-state index contributed by atoms with van der Waals surface area (Å²) in [6.07, 6.45) is 1.14. The van der Waals surface area contributed by atoms with Crippen LogP contribution >= 0.6 is 0 Å². The predicted molar refractivity (Wildman–Crippen MR) is 145 cm³/mol. The van der Waals surface area contributed by atoms with Crippen molar-refractivity contribution in [2.75, 3.05) is 4.90 Å². The zero-order chi connectivity index (χ0) is 24.2. The first-order valence-electron chi connectivity index (χ1n) is 12.4. The van der Waals surface area contributed by atoms with E-state index in [-0.39, 0.29) is 11.0 Å². The normalized spacial score (nSPS) is 18.7. The number of aryl methyl sites for hydroxylation is 2. The van der Waals surface area contributed by atoms with Gasteiger partial charge >= 0.3 is 198 Å². The maximum absolute atomic E-state index is 2.72. The van der Waals surface area contributed by atoms with Crippen molar-refractivity contribution in [3.63, 3.8) is 0 Å². The van der Waals surface area contributed by atoms with Crippen LogP contribution in [0.4, 0.5) is 5.69 Å². The van der Waals surface area contributed by atoms with E-state index < -0.39 is 0 Å². The standard InChI is InChI=1S/C30H44BN/c1-18(2)24-14-13-15-25(19(3)4)27(24)32-28(29(9,10)17-30(32,11)12)31-26-22(7)20(5)16-21(6)23(26)8/h13-16,18-19H,17H2,1-12H3. The third-order valence-electron chi connectivity index (χ3n) is 7.69. The van der Waals surface area contributed by atoms with Gasteiger partial charge in [0, 0.05) is 0 Å². The van der Waals surface area contributed by atoms with Gasteiger partial charge in [0.2, 0.25) is 0 Å². The number of rotatable bonds is 4. The summed E-state index contributed by atoms with van der Waals surface area (Å²) in [5.41, 5.74) is 12.9. The molecule has 1 aliphatic rings. The van der Waals surface area contributed by atoms with Crippen LogP contribution in [0.25, 0.3) is 0 Å². The summed E-state index contributed by atoms with van der Waals surface area (Å²) >= 11 is 0. The number of hydrogen-bond acceptors (Lipinski definition) is 1. The van der Waals surface area contributed by atoms with Gasteiger partial charge in [-0.2, -0.15) is 0 Å². The van der Waals surface area contributed by atoms with Crippen LogP contribution in [-0.4, -0.2) is 18.0 Å². The molecule has 0 radical (unpaired) electrons. The van der Waals surface area contributed by atoms with Crippen LogP contribution in [0.1, 0.15) is 107 Å². The van der Waals surface area contributed by atoms with Gasteiger partial charge in [-0.1, -0.05) is 0 Å². The Kier molecular flexibility index (Phi) is 6.60. The number of benzene rings is 2. The van der Waals surface area contributed by atoms with Crippen LogP contribution in [0, 0.1) is 33.1 Å². The van der Waals surface area contributed by atoms with E-state index in [1.165, 1.54) is 50.1 Å². The van der Waals surface area contributed by atoms with Crippen molar-refractivity contribution in [1.29, 1.82) is 0 Å². The van der Waals surface area contributed by atoms with Crippen molar-refractivity contribution in [3.05, 3.63) is 57.6 Å². The first-order valence-corrected chi connectivity index (χ1v) is 12.4. The molecule has 1 aliphatic heterocycles. The van der Waals surface area contributed by atoms with Gasteiger partial charge in [0.15, 0.2) is 0 Å². The maximum atomic E-state index is 2.72. The fourth-order valence-corrected chi connectivity index (χ4v) is 5.93. The van der Waals surface area contributed by atoms with Crippen molar-refractivity contribution in [1.82, 2.24) is 0 Å². The van der Waals surface area contributed by atoms with Gasteiger partial charge in [-0.15, -0.1) is 0 Å². The molecule has 2 aromatic carbocycles. The van der Waals surface area contributed by atoms with Gasteiger partial charge in [0.05, 0.1) is 0 Å². The van der Waals surface area contributed by atoms with Crippen LogP contribution in [0.2, 0.25) is 0 Å². The summed E-state index contributed by atoms with van der Waals surface area (Å²) in [5, 5.41) is 0. The molecule has 0 unspecified atom stereocenters. The third kappa shape index (κ3) is 4.23. The SMILES string of the molecule is Cc1cc(C)c(C)c(B=C2N(c3c(C(C)C)cccc3C(C)C)C(C)(C)CC2(C)C)c1C. The topological polar surface area (TPSA) is 3.24 Å². The molecule has 0 saturated carbocycles. The Balaban J connectivity index is 2.40. The zero-order valence-electron chi connectivity index (χ0n) is 22.7. The minimum absolute atomic E-state index is 0.0463. The Morgan fingerprint density at radius 2 is 1.28 bits per heavy atom. The van der Waals surface area contributed by atoms with Gasteiger partial charge in [0.1, 0.15) is 0 Å². The fraction of sp³-hybridized carbons (Fsp3) is 0.567. The monoisotopic (exact) mass is 429 g/mol. The van der Waals surface area contributed by atoms with Crippen molar-refractivity contribution >= 4 is 23.7 Å². The van der Waals surface area contributed by atoms with Gasteiger partial charge < -0.3 is 0 Å². The van der Waals surface area contributed by atoms with Crippen molar-refractivity contribution in [3.8, 4) is 0 Å². The molecular weight excluding hydrogens is 385 g/mol. The number of anilines is 1. The quantitative estimate of drug-likeness (QED) is 0.460. The Morgan fingerprint density at radius 1 is 0.812 bits per heavy atom. The molecular formula is C30H44BN. The van der Waals surface area contributed by atoms with Crippen molar-refractivity contribution < 1.29 is 0 Å². The van der Waals surface area contributed by atoms with E-state index in [1.54, 1.807) is 0 Å². The van der Waals surface area contributed by atoms with Gasteiger partial charge in [0.25, 0.3) is 0 Å². The molecule has 0 N–H and O–H groups in total. The van der Waals surface area contributed by atoms with E-state index >= 15 is 0 Å². The van der Waals surface area contributed by atoms with E-state index in [9.17, 15) is 0 Å². The van der Waals surface area contributed by atoms with E-state index in [4.69, 9.17) is 0 Å². The summed E-state index contributed by atoms with van der Waals surface area (Å²) < 4.78 is 0. The molecule has 0 atom stereocenters. The van der Waals surface area contributed by atoms with E-state index in [2.05, 4.69) is 119 Å². The van der Waals surface area contributed by atoms with Gasteiger partial charge in [-0.3, -0.25) is 0 Å². The fourth-order valence-electron chi connectivity index (χ4n) is 5.93. The Labute approximate surface area is 198 Å². The summed E-state index contributed by atoms with van der Waals surface area (Å²) in [4.78, 5) is 2.72. The Morgan fingerprint density at radius 3 is 1.72 bits per heavy atom. The molecule has 1 heterocycles. The van der Waals surface area contributed by atoms with E-state index in [1.807, 2.05) is 0 Å². The van der Waals surface area contributed by atoms with Crippen molar-refractivity contribution in [2.24, 2.45) is 5.41 Å². The van der Waals surface area contributed by atoms with Gasteiger partial charge in [-0.25, -0.2) is 0 Å². The zero-order valence-corrected chi connectivity index (χ0v) is 22.7. The van der Waals surface area contributed by atoms with Crippen LogP contribution < -0.4 is 10.4 Å². The van der Waals surface area contributed by atoms with Crippen LogP contribution in [0.5, 0.6) is 0 Å². The second-order valence-electron chi connectivity index (χ2n) is 12.0. The molecule has 1 saturated heterocycles. The second-order valence-corrected chi connectivity index (χ2v) is 12.0. The average molecular weight is 430 g/mol. The molecule has 32 heavy (non-hydrogen) atoms. The van der Waals surface area contributed by atoms with Crippen LogP contribution in [-0.2, 0) is 0 Å². The first-order chi connectivity index (χ1) is 14.7. The number of para-hydroxylation sites is 1. The predicted octanol–water partition coefficient (Wildman–Crippen LogP) is 7.34. The number of nitrogens with zero attached hydrogens (tertiary/aromatic N) is 1. The Hall–Kier alpha value is -1.83. The molecule has 2 aromatic rings. The summed E-state index contributed by atoms with van der Waals surface area (Å²) in [7, 11) is 0. The van der Waals surface area contributed by atoms with Crippen LogP contribution in [0.15, 0.2) is 24.3 Å². The molecule has 1 fully saturated rings. The molecule has 0 aliphatic carbocycles. The van der Waals surface area contributed by atoms with Crippen LogP contribution in [0.3, 0.4) is 0 Å². The minimum atomic E-state index is 0.0463. The summed E-state index contributed by atoms with van der Waals surface area (Å²) in [5.74, 6) is 0.961. The summed E-state index contributed by atoms with van der Waals surface area (Å²) in [6.45, 7) is 30.6. The molecule has 1 nitrogen and oxygen atoms in total.